The summed E-state index contributed by atoms with van der Waals surface area (Å²) in [7, 11) is 3.07. The first kappa shape index (κ1) is 20.2. The molecule has 148 valence electrons. The molecule has 2 heterocycles. The smallest absolute Gasteiger partial charge is 0.256 e. The average molecular weight is 400 g/mol. The lowest BCUT2D eigenvalue weighted by molar-refractivity contribution is 0.102. The Hall–Kier alpha value is -2.56. The minimum Gasteiger partial charge on any atom is -0.493 e. The summed E-state index contributed by atoms with van der Waals surface area (Å²) in [5, 5.41) is 16.9. The van der Waals surface area contributed by atoms with E-state index in [9.17, 15) is 10.1 Å². The third kappa shape index (κ3) is 3.58. The highest BCUT2D eigenvalue weighted by Crippen LogP contribution is 2.44. The van der Waals surface area contributed by atoms with Crippen LogP contribution in [-0.2, 0) is 12.0 Å². The Labute approximate surface area is 169 Å². The van der Waals surface area contributed by atoms with Gasteiger partial charge in [-0.3, -0.25) is 4.79 Å². The number of hydrogen-bond donors (Lipinski definition) is 2. The predicted octanol–water partition coefficient (Wildman–Crippen LogP) is 4.05. The Balaban J connectivity index is 1.97. The number of nitriles is 1. The van der Waals surface area contributed by atoms with Gasteiger partial charge in [0.1, 0.15) is 11.1 Å². The number of nitrogens with zero attached hydrogens (tertiary/aromatic N) is 1. The van der Waals surface area contributed by atoms with Crippen molar-refractivity contribution in [2.75, 3.05) is 19.5 Å². The van der Waals surface area contributed by atoms with Gasteiger partial charge < -0.3 is 20.1 Å². The molecule has 0 radical (unpaired) electrons. The van der Waals surface area contributed by atoms with Crippen molar-refractivity contribution in [3.8, 4) is 17.6 Å². The quantitative estimate of drug-likeness (QED) is 0.810. The van der Waals surface area contributed by atoms with Crippen LogP contribution in [0.2, 0.25) is 0 Å². The zero-order chi connectivity index (χ0) is 20.7. The average Bonchev–Trinajstić information content (AvgIpc) is 2.96. The van der Waals surface area contributed by atoms with Gasteiger partial charge in [-0.1, -0.05) is 0 Å². The van der Waals surface area contributed by atoms with Gasteiger partial charge in [0.2, 0.25) is 0 Å². The van der Waals surface area contributed by atoms with Crippen LogP contribution in [0.15, 0.2) is 18.2 Å². The maximum Gasteiger partial charge on any atom is 0.256 e. The first-order valence-electron chi connectivity index (χ1n) is 9.01. The van der Waals surface area contributed by atoms with Crippen molar-refractivity contribution in [2.24, 2.45) is 0 Å². The summed E-state index contributed by atoms with van der Waals surface area (Å²) in [6, 6.07) is 7.29. The number of carbonyl (C=O) groups is 1. The lowest BCUT2D eigenvalue weighted by Gasteiger charge is -2.42. The second kappa shape index (κ2) is 7.12. The highest BCUT2D eigenvalue weighted by Gasteiger charge is 2.40. The third-order valence-electron chi connectivity index (χ3n) is 4.83. The Morgan fingerprint density at radius 3 is 2.50 bits per heavy atom. The molecule has 0 saturated heterocycles. The van der Waals surface area contributed by atoms with Crippen LogP contribution in [0.3, 0.4) is 0 Å². The van der Waals surface area contributed by atoms with E-state index in [2.05, 4.69) is 44.4 Å². The SMILES string of the molecule is COc1ccc(C(=O)Nc2sc3c(c2C#N)CC(C)(C)NC3(C)C)cc1OC. The summed E-state index contributed by atoms with van der Waals surface area (Å²) in [5.41, 5.74) is 1.60. The number of methoxy groups -OCH3 is 2. The topological polar surface area (TPSA) is 83.4 Å². The molecule has 28 heavy (non-hydrogen) atoms. The highest BCUT2D eigenvalue weighted by molar-refractivity contribution is 7.17. The monoisotopic (exact) mass is 399 g/mol. The minimum atomic E-state index is -0.291. The van der Waals surface area contributed by atoms with Gasteiger partial charge in [0, 0.05) is 21.5 Å². The summed E-state index contributed by atoms with van der Waals surface area (Å²) in [6.07, 6.45) is 0.734. The van der Waals surface area contributed by atoms with Crippen molar-refractivity contribution in [1.29, 1.82) is 5.26 Å². The second-order valence-electron chi connectivity index (χ2n) is 8.06. The van der Waals surface area contributed by atoms with Crippen molar-refractivity contribution < 1.29 is 14.3 Å². The van der Waals surface area contributed by atoms with E-state index in [1.807, 2.05) is 0 Å². The summed E-state index contributed by atoms with van der Waals surface area (Å²) < 4.78 is 10.5. The molecular formula is C21H25N3O3S. The molecule has 0 atom stereocenters. The highest BCUT2D eigenvalue weighted by atomic mass is 32.1. The van der Waals surface area contributed by atoms with E-state index in [1.54, 1.807) is 25.3 Å². The maximum atomic E-state index is 12.8. The first-order valence-corrected chi connectivity index (χ1v) is 9.82. The Morgan fingerprint density at radius 2 is 1.89 bits per heavy atom. The molecule has 1 amide bonds. The molecule has 0 fully saturated rings. The molecule has 0 spiro atoms. The number of thiophene rings is 1. The number of anilines is 1. The van der Waals surface area contributed by atoms with Gasteiger partial charge in [-0.25, -0.2) is 0 Å². The largest absolute Gasteiger partial charge is 0.493 e. The molecule has 3 rings (SSSR count). The van der Waals surface area contributed by atoms with Gasteiger partial charge in [0.05, 0.1) is 19.8 Å². The van der Waals surface area contributed by atoms with Gasteiger partial charge in [0.15, 0.2) is 11.5 Å². The number of hydrogen-bond acceptors (Lipinski definition) is 6. The molecule has 1 aliphatic heterocycles. The van der Waals surface area contributed by atoms with E-state index in [0.717, 1.165) is 16.9 Å². The van der Waals surface area contributed by atoms with Crippen molar-refractivity contribution in [2.45, 2.75) is 45.2 Å². The van der Waals surface area contributed by atoms with E-state index in [-0.39, 0.29) is 17.0 Å². The molecule has 0 aliphatic carbocycles. The summed E-state index contributed by atoms with van der Waals surface area (Å²) >= 11 is 1.46. The Bertz CT molecular complexity index is 970. The van der Waals surface area contributed by atoms with Crippen molar-refractivity contribution >= 4 is 22.2 Å². The number of carbonyl (C=O) groups excluding carboxylic acids is 1. The first-order chi connectivity index (χ1) is 13.1. The molecule has 6 nitrogen and oxygen atoms in total. The summed E-state index contributed by atoms with van der Waals surface area (Å²) in [4.78, 5) is 13.9. The van der Waals surface area contributed by atoms with Crippen LogP contribution in [0.1, 0.15) is 54.1 Å². The molecular weight excluding hydrogens is 374 g/mol. The van der Waals surface area contributed by atoms with Crippen LogP contribution >= 0.6 is 11.3 Å². The van der Waals surface area contributed by atoms with E-state index in [4.69, 9.17) is 9.47 Å². The number of ether oxygens (including phenoxy) is 2. The summed E-state index contributed by atoms with van der Waals surface area (Å²) in [6.45, 7) is 8.45. The van der Waals surface area contributed by atoms with E-state index < -0.39 is 0 Å². The standard InChI is InChI=1S/C21H25N3O3S/c1-20(2)10-13-14(11-22)19(28-17(13)21(3,4)24-20)23-18(25)12-7-8-15(26-5)16(9-12)27-6/h7-9,24H,10H2,1-6H3,(H,23,25). The molecule has 1 aromatic carbocycles. The fourth-order valence-electron chi connectivity index (χ4n) is 3.89. The van der Waals surface area contributed by atoms with Gasteiger partial charge in [-0.2, -0.15) is 5.26 Å². The minimum absolute atomic E-state index is 0.131. The fourth-order valence-corrected chi connectivity index (χ4v) is 5.11. The Morgan fingerprint density at radius 1 is 1.21 bits per heavy atom. The van der Waals surface area contributed by atoms with E-state index >= 15 is 0 Å². The number of fused-ring (bicyclic) bond motifs is 1. The fraction of sp³-hybridized carbons (Fsp3) is 0.429. The van der Waals surface area contributed by atoms with Crippen LogP contribution in [0.4, 0.5) is 5.00 Å². The lowest BCUT2D eigenvalue weighted by Crippen LogP contribution is -2.54. The Kier molecular flexibility index (Phi) is 5.13. The molecule has 0 bridgehead atoms. The number of nitrogens with one attached hydrogen (secondary N) is 2. The predicted molar refractivity (Wildman–Crippen MR) is 110 cm³/mol. The van der Waals surface area contributed by atoms with Gasteiger partial charge in [0.25, 0.3) is 5.91 Å². The molecule has 7 heteroatoms. The molecule has 2 aromatic rings. The van der Waals surface area contributed by atoms with E-state index in [1.165, 1.54) is 18.4 Å². The van der Waals surface area contributed by atoms with Crippen LogP contribution in [-0.4, -0.2) is 25.7 Å². The third-order valence-corrected chi connectivity index (χ3v) is 6.30. The van der Waals surface area contributed by atoms with Gasteiger partial charge in [-0.05, 0) is 57.9 Å². The van der Waals surface area contributed by atoms with Gasteiger partial charge >= 0.3 is 0 Å². The van der Waals surface area contributed by atoms with Crippen molar-refractivity contribution in [1.82, 2.24) is 5.32 Å². The molecule has 2 N–H and O–H groups in total. The molecule has 1 aliphatic rings. The van der Waals surface area contributed by atoms with E-state index in [0.29, 0.717) is 27.6 Å². The van der Waals surface area contributed by atoms with Gasteiger partial charge in [-0.15, -0.1) is 11.3 Å². The zero-order valence-corrected chi connectivity index (χ0v) is 17.8. The normalized spacial score (nSPS) is 16.6. The van der Waals surface area contributed by atoms with Crippen LogP contribution in [0.25, 0.3) is 0 Å². The van der Waals surface area contributed by atoms with Crippen molar-refractivity contribution in [3.63, 3.8) is 0 Å². The number of benzene rings is 1. The molecule has 0 saturated carbocycles. The zero-order valence-electron chi connectivity index (χ0n) is 17.0. The maximum absolute atomic E-state index is 12.8. The second-order valence-corrected chi connectivity index (χ2v) is 9.08. The van der Waals surface area contributed by atoms with Crippen LogP contribution in [0.5, 0.6) is 11.5 Å². The van der Waals surface area contributed by atoms with Crippen LogP contribution in [0, 0.1) is 11.3 Å². The molecule has 0 unspecified atom stereocenters. The number of rotatable bonds is 4. The summed E-state index contributed by atoms with van der Waals surface area (Å²) in [5.74, 6) is 0.743. The lowest BCUT2D eigenvalue weighted by atomic mass is 9.81. The van der Waals surface area contributed by atoms with Crippen LogP contribution < -0.4 is 20.1 Å². The molecule has 1 aromatic heterocycles. The van der Waals surface area contributed by atoms with Crippen molar-refractivity contribution in [3.05, 3.63) is 39.8 Å². The number of amides is 1.